The predicted octanol–water partition coefficient (Wildman–Crippen LogP) is 5.80. The van der Waals surface area contributed by atoms with Crippen molar-refractivity contribution in [1.82, 2.24) is 14.9 Å². The number of nitrogens with zero attached hydrogens (tertiary/aromatic N) is 4. The standard InChI is InChI=1S/C26H40N4OS/c1-6-8-9-19(7-2)26(31)30-14-12-29(13-15-30)24-22-20-11-10-18(5)16-21(20)32-25(22)28-23(27-24)17(3)4/h17-19H,6-16H2,1-5H3/t18-,19-/m1/s1. The Labute approximate surface area is 197 Å². The van der Waals surface area contributed by atoms with E-state index in [1.807, 2.05) is 11.3 Å². The molecule has 4 rings (SSSR count). The van der Waals surface area contributed by atoms with Gasteiger partial charge in [-0.3, -0.25) is 4.79 Å². The van der Waals surface area contributed by atoms with E-state index in [0.29, 0.717) is 11.8 Å². The number of aryl methyl sites for hydroxylation is 1. The number of rotatable bonds is 7. The highest BCUT2D eigenvalue weighted by Gasteiger charge is 2.30. The Balaban J connectivity index is 1.58. The molecule has 1 fully saturated rings. The van der Waals surface area contributed by atoms with Crippen LogP contribution in [0.15, 0.2) is 0 Å². The molecule has 32 heavy (non-hydrogen) atoms. The normalized spacial score (nSPS) is 20.1. The Kier molecular flexibility index (Phi) is 7.38. The summed E-state index contributed by atoms with van der Waals surface area (Å²) in [4.78, 5) is 30.4. The summed E-state index contributed by atoms with van der Waals surface area (Å²) >= 11 is 1.89. The number of anilines is 1. The summed E-state index contributed by atoms with van der Waals surface area (Å²) < 4.78 is 0. The van der Waals surface area contributed by atoms with Crippen LogP contribution in [0.1, 0.15) is 88.9 Å². The molecule has 2 atom stereocenters. The zero-order valence-electron chi connectivity index (χ0n) is 20.6. The lowest BCUT2D eigenvalue weighted by atomic mass is 9.89. The maximum atomic E-state index is 13.1. The van der Waals surface area contributed by atoms with Crippen LogP contribution in [0.4, 0.5) is 5.82 Å². The van der Waals surface area contributed by atoms with Gasteiger partial charge in [-0.05, 0) is 43.6 Å². The second-order valence-corrected chi connectivity index (χ2v) is 11.2. The third kappa shape index (κ3) is 4.66. The Morgan fingerprint density at radius 3 is 2.56 bits per heavy atom. The smallest absolute Gasteiger partial charge is 0.225 e. The topological polar surface area (TPSA) is 49.3 Å². The molecular weight excluding hydrogens is 416 g/mol. The Bertz CT molecular complexity index is 945. The number of hydrogen-bond donors (Lipinski definition) is 0. The quantitative estimate of drug-likeness (QED) is 0.528. The molecule has 2 aromatic rings. The van der Waals surface area contributed by atoms with Crippen molar-refractivity contribution in [3.63, 3.8) is 0 Å². The van der Waals surface area contributed by atoms with Crippen molar-refractivity contribution in [2.24, 2.45) is 11.8 Å². The highest BCUT2D eigenvalue weighted by molar-refractivity contribution is 7.19. The van der Waals surface area contributed by atoms with Gasteiger partial charge in [0, 0.05) is 42.9 Å². The fourth-order valence-electron chi connectivity index (χ4n) is 5.18. The summed E-state index contributed by atoms with van der Waals surface area (Å²) in [5.41, 5.74) is 1.50. The Hall–Kier alpha value is -1.69. The van der Waals surface area contributed by atoms with E-state index in [0.717, 1.165) is 75.8 Å². The van der Waals surface area contributed by atoms with Crippen LogP contribution in [0.5, 0.6) is 0 Å². The number of fused-ring (bicyclic) bond motifs is 3. The average Bonchev–Trinajstić information content (AvgIpc) is 3.16. The SMILES string of the molecule is CCCC[C@@H](CC)C(=O)N1CCN(c2nc(C(C)C)nc3sc4c(c23)CC[C@@H](C)C4)CC1. The molecule has 0 unspecified atom stereocenters. The van der Waals surface area contributed by atoms with Crippen molar-refractivity contribution in [2.75, 3.05) is 31.1 Å². The molecule has 0 saturated carbocycles. The number of amides is 1. The molecule has 0 N–H and O–H groups in total. The van der Waals surface area contributed by atoms with Gasteiger partial charge < -0.3 is 9.80 Å². The summed E-state index contributed by atoms with van der Waals surface area (Å²) in [6, 6.07) is 0. The molecule has 176 valence electrons. The fraction of sp³-hybridized carbons (Fsp3) is 0.731. The van der Waals surface area contributed by atoms with Gasteiger partial charge in [0.1, 0.15) is 16.5 Å². The molecule has 0 radical (unpaired) electrons. The monoisotopic (exact) mass is 456 g/mol. The summed E-state index contributed by atoms with van der Waals surface area (Å²) in [6.07, 6.45) is 7.83. The van der Waals surface area contributed by atoms with E-state index in [1.165, 1.54) is 33.5 Å². The van der Waals surface area contributed by atoms with Gasteiger partial charge in [0.2, 0.25) is 5.91 Å². The lowest BCUT2D eigenvalue weighted by Gasteiger charge is -2.37. The van der Waals surface area contributed by atoms with Crippen molar-refractivity contribution in [3.8, 4) is 0 Å². The summed E-state index contributed by atoms with van der Waals surface area (Å²) in [5, 5.41) is 1.30. The molecular formula is C26H40N4OS. The minimum absolute atomic E-state index is 0.186. The first-order valence-electron chi connectivity index (χ1n) is 12.8. The first-order chi connectivity index (χ1) is 15.4. The summed E-state index contributed by atoms with van der Waals surface area (Å²) in [7, 11) is 0. The third-order valence-corrected chi connectivity index (χ3v) is 8.46. The second-order valence-electron chi connectivity index (χ2n) is 10.2. The maximum absolute atomic E-state index is 13.1. The van der Waals surface area contributed by atoms with E-state index in [2.05, 4.69) is 44.4 Å². The molecule has 0 bridgehead atoms. The Morgan fingerprint density at radius 2 is 1.91 bits per heavy atom. The van der Waals surface area contributed by atoms with Crippen LogP contribution in [0, 0.1) is 11.8 Å². The molecule has 3 heterocycles. The van der Waals surface area contributed by atoms with Gasteiger partial charge in [-0.2, -0.15) is 0 Å². The van der Waals surface area contributed by atoms with Crippen LogP contribution in [-0.4, -0.2) is 47.0 Å². The predicted molar refractivity (Wildman–Crippen MR) is 135 cm³/mol. The molecule has 0 spiro atoms. The number of thiophene rings is 1. The summed E-state index contributed by atoms with van der Waals surface area (Å²) in [5.74, 6) is 3.68. The number of hydrogen-bond acceptors (Lipinski definition) is 5. The van der Waals surface area contributed by atoms with Crippen LogP contribution in [0.3, 0.4) is 0 Å². The molecule has 1 aliphatic carbocycles. The molecule has 2 aromatic heterocycles. The number of carbonyl (C=O) groups excluding carboxylic acids is 1. The van der Waals surface area contributed by atoms with Gasteiger partial charge in [0.15, 0.2) is 0 Å². The van der Waals surface area contributed by atoms with E-state index in [9.17, 15) is 4.79 Å². The van der Waals surface area contributed by atoms with Crippen LogP contribution in [0.25, 0.3) is 10.2 Å². The largest absolute Gasteiger partial charge is 0.352 e. The van der Waals surface area contributed by atoms with E-state index >= 15 is 0 Å². The van der Waals surface area contributed by atoms with Crippen molar-refractivity contribution in [3.05, 3.63) is 16.3 Å². The van der Waals surface area contributed by atoms with Gasteiger partial charge in [-0.25, -0.2) is 9.97 Å². The number of piperazine rings is 1. The lowest BCUT2D eigenvalue weighted by molar-refractivity contribution is -0.136. The lowest BCUT2D eigenvalue weighted by Crippen LogP contribution is -2.50. The highest BCUT2D eigenvalue weighted by atomic mass is 32.1. The molecule has 0 aromatic carbocycles. The van der Waals surface area contributed by atoms with Crippen LogP contribution < -0.4 is 4.90 Å². The van der Waals surface area contributed by atoms with E-state index in [4.69, 9.17) is 9.97 Å². The average molecular weight is 457 g/mol. The molecule has 1 aliphatic heterocycles. The molecule has 6 heteroatoms. The maximum Gasteiger partial charge on any atom is 0.225 e. The van der Waals surface area contributed by atoms with E-state index in [1.54, 1.807) is 0 Å². The van der Waals surface area contributed by atoms with Gasteiger partial charge >= 0.3 is 0 Å². The molecule has 2 aliphatic rings. The van der Waals surface area contributed by atoms with Crippen molar-refractivity contribution < 1.29 is 4.79 Å². The number of carbonyl (C=O) groups is 1. The fourth-order valence-corrected chi connectivity index (χ4v) is 6.56. The minimum atomic E-state index is 0.186. The Morgan fingerprint density at radius 1 is 1.16 bits per heavy atom. The van der Waals surface area contributed by atoms with E-state index < -0.39 is 0 Å². The van der Waals surface area contributed by atoms with Gasteiger partial charge in [0.05, 0.1) is 5.39 Å². The second kappa shape index (κ2) is 10.1. The van der Waals surface area contributed by atoms with Crippen molar-refractivity contribution in [2.45, 2.75) is 85.5 Å². The zero-order chi connectivity index (χ0) is 22.8. The van der Waals surface area contributed by atoms with Crippen LogP contribution in [0.2, 0.25) is 0 Å². The van der Waals surface area contributed by atoms with Gasteiger partial charge in [-0.15, -0.1) is 11.3 Å². The van der Waals surface area contributed by atoms with Crippen LogP contribution >= 0.6 is 11.3 Å². The number of aromatic nitrogens is 2. The van der Waals surface area contributed by atoms with Gasteiger partial charge in [0.25, 0.3) is 0 Å². The van der Waals surface area contributed by atoms with Gasteiger partial charge in [-0.1, -0.05) is 47.5 Å². The summed E-state index contributed by atoms with van der Waals surface area (Å²) in [6.45, 7) is 14.4. The first kappa shape index (κ1) is 23.5. The first-order valence-corrected chi connectivity index (χ1v) is 13.6. The number of unbranched alkanes of at least 4 members (excludes halogenated alkanes) is 1. The molecule has 5 nitrogen and oxygen atoms in total. The van der Waals surface area contributed by atoms with E-state index in [-0.39, 0.29) is 5.92 Å². The molecule has 1 saturated heterocycles. The minimum Gasteiger partial charge on any atom is -0.352 e. The third-order valence-electron chi connectivity index (χ3n) is 7.31. The zero-order valence-corrected chi connectivity index (χ0v) is 21.4. The highest BCUT2D eigenvalue weighted by Crippen LogP contribution is 2.41. The van der Waals surface area contributed by atoms with Crippen molar-refractivity contribution in [1.29, 1.82) is 0 Å². The molecule has 1 amide bonds. The van der Waals surface area contributed by atoms with Crippen LogP contribution in [-0.2, 0) is 17.6 Å². The van der Waals surface area contributed by atoms with Crippen molar-refractivity contribution >= 4 is 33.3 Å².